The van der Waals surface area contributed by atoms with Gasteiger partial charge in [-0.3, -0.25) is 0 Å². The fraction of sp³-hybridized carbons (Fsp3) is 0.231. The van der Waals surface area contributed by atoms with Crippen LogP contribution in [0.5, 0.6) is 0 Å². The van der Waals surface area contributed by atoms with Gasteiger partial charge in [0.2, 0.25) is 0 Å². The number of esters is 1. The molecule has 90 valence electrons. The number of oxime groups is 1. The van der Waals surface area contributed by atoms with Gasteiger partial charge in [-0.15, -0.1) is 0 Å². The monoisotopic (exact) mass is 233 g/mol. The van der Waals surface area contributed by atoms with E-state index in [0.29, 0.717) is 5.57 Å². The maximum atomic E-state index is 11.6. The number of hydrogen-bond donors (Lipinski definition) is 1. The summed E-state index contributed by atoms with van der Waals surface area (Å²) in [6, 6.07) is 5.45. The van der Waals surface area contributed by atoms with Gasteiger partial charge in [-0.1, -0.05) is 23.4 Å². The molecule has 0 aliphatic carbocycles. The predicted molar refractivity (Wildman–Crippen MR) is 66.2 cm³/mol. The molecule has 0 aliphatic heterocycles. The van der Waals surface area contributed by atoms with E-state index in [2.05, 4.69) is 5.16 Å². The summed E-state index contributed by atoms with van der Waals surface area (Å²) in [5.74, 6) is -0.381. The lowest BCUT2D eigenvalue weighted by Crippen LogP contribution is -2.05. The number of carbonyl (C=O) groups excluding carboxylic acids is 1. The van der Waals surface area contributed by atoms with Crippen molar-refractivity contribution in [2.75, 3.05) is 7.11 Å². The smallest absolute Gasteiger partial charge is 0.338 e. The minimum Gasteiger partial charge on any atom is -0.465 e. The Kier molecular flexibility index (Phi) is 4.46. The zero-order valence-corrected chi connectivity index (χ0v) is 10.1. The van der Waals surface area contributed by atoms with E-state index >= 15 is 0 Å². The molecule has 4 nitrogen and oxygen atoms in total. The molecule has 1 aromatic carbocycles. The van der Waals surface area contributed by atoms with E-state index in [1.807, 2.05) is 19.1 Å². The maximum Gasteiger partial charge on any atom is 0.338 e. The number of nitrogens with zero attached hydrogens (tertiary/aromatic N) is 1. The molecule has 0 aromatic heterocycles. The van der Waals surface area contributed by atoms with Crippen LogP contribution in [0.25, 0.3) is 5.57 Å². The zero-order chi connectivity index (χ0) is 12.8. The fourth-order valence-electron chi connectivity index (χ4n) is 1.57. The summed E-state index contributed by atoms with van der Waals surface area (Å²) in [7, 11) is 1.35. The molecule has 0 aliphatic rings. The van der Waals surface area contributed by atoms with Crippen LogP contribution < -0.4 is 0 Å². The number of methoxy groups -OCH3 is 1. The van der Waals surface area contributed by atoms with Crippen LogP contribution in [0.3, 0.4) is 0 Å². The maximum absolute atomic E-state index is 11.6. The summed E-state index contributed by atoms with van der Waals surface area (Å²) in [5.41, 5.74) is 2.95. The molecule has 0 amide bonds. The number of hydrogen-bond acceptors (Lipinski definition) is 4. The van der Waals surface area contributed by atoms with Gasteiger partial charge in [0.05, 0.1) is 18.9 Å². The van der Waals surface area contributed by atoms with Crippen LogP contribution in [-0.4, -0.2) is 24.5 Å². The van der Waals surface area contributed by atoms with Crippen molar-refractivity contribution in [1.29, 1.82) is 0 Å². The van der Waals surface area contributed by atoms with Gasteiger partial charge in [0.25, 0.3) is 0 Å². The first-order valence-electron chi connectivity index (χ1n) is 5.17. The van der Waals surface area contributed by atoms with Crippen molar-refractivity contribution >= 4 is 17.8 Å². The number of ether oxygens (including phenoxy) is 1. The van der Waals surface area contributed by atoms with E-state index in [9.17, 15) is 4.79 Å². The van der Waals surface area contributed by atoms with Crippen LogP contribution >= 0.6 is 0 Å². The molecule has 17 heavy (non-hydrogen) atoms. The highest BCUT2D eigenvalue weighted by Gasteiger charge is 2.13. The summed E-state index contributed by atoms with van der Waals surface area (Å²) in [6.45, 7) is 3.68. The van der Waals surface area contributed by atoms with E-state index in [4.69, 9.17) is 9.94 Å². The van der Waals surface area contributed by atoms with Crippen molar-refractivity contribution in [2.24, 2.45) is 5.16 Å². The topological polar surface area (TPSA) is 58.9 Å². The van der Waals surface area contributed by atoms with Crippen LogP contribution in [0.4, 0.5) is 0 Å². The average Bonchev–Trinajstić information content (AvgIpc) is 2.34. The third-order valence-electron chi connectivity index (χ3n) is 2.45. The second-order valence-corrected chi connectivity index (χ2v) is 3.51. The summed E-state index contributed by atoms with van der Waals surface area (Å²) in [6.07, 6.45) is 3.02. The SMILES string of the molecule is C/C=C(/C(=O)OC)c1cc(/C=N/O)ccc1C. The molecule has 0 saturated carbocycles. The van der Waals surface area contributed by atoms with Crippen molar-refractivity contribution in [1.82, 2.24) is 0 Å². The van der Waals surface area contributed by atoms with Gasteiger partial charge in [0, 0.05) is 0 Å². The number of rotatable bonds is 3. The number of aryl methyl sites for hydroxylation is 1. The van der Waals surface area contributed by atoms with Crippen LogP contribution in [0.15, 0.2) is 29.4 Å². The molecule has 0 unspecified atom stereocenters. The Balaban J connectivity index is 3.28. The van der Waals surface area contributed by atoms with Gasteiger partial charge in [0.1, 0.15) is 0 Å². The highest BCUT2D eigenvalue weighted by Crippen LogP contribution is 2.21. The van der Waals surface area contributed by atoms with Crippen LogP contribution in [0, 0.1) is 6.92 Å². The lowest BCUT2D eigenvalue weighted by atomic mass is 9.98. The summed E-state index contributed by atoms with van der Waals surface area (Å²) in [5, 5.41) is 11.5. The minimum atomic E-state index is -0.381. The Morgan fingerprint density at radius 3 is 2.71 bits per heavy atom. The molecular weight excluding hydrogens is 218 g/mol. The number of benzene rings is 1. The highest BCUT2D eigenvalue weighted by atomic mass is 16.5. The minimum absolute atomic E-state index is 0.381. The molecule has 1 rings (SSSR count). The first-order valence-corrected chi connectivity index (χ1v) is 5.17. The Morgan fingerprint density at radius 1 is 1.47 bits per heavy atom. The first kappa shape index (κ1) is 13.0. The quantitative estimate of drug-likeness (QED) is 0.287. The molecule has 0 fully saturated rings. The molecule has 0 saturated heterocycles. The molecule has 0 atom stereocenters. The standard InChI is InChI=1S/C13H15NO3/c1-4-11(13(15)17-3)12-7-10(8-14-16)6-5-9(12)2/h4-8,16H,1-3H3/b11-4+,14-8+. The first-order chi connectivity index (χ1) is 8.13. The van der Waals surface area contributed by atoms with Crippen LogP contribution in [-0.2, 0) is 9.53 Å². The molecule has 0 spiro atoms. The van der Waals surface area contributed by atoms with Crippen molar-refractivity contribution in [2.45, 2.75) is 13.8 Å². The fourth-order valence-corrected chi connectivity index (χ4v) is 1.57. The molecule has 0 radical (unpaired) electrons. The molecular formula is C13H15NO3. The largest absolute Gasteiger partial charge is 0.465 e. The number of allylic oxidation sites excluding steroid dienone is 1. The van der Waals surface area contributed by atoms with Crippen LogP contribution in [0.1, 0.15) is 23.6 Å². The Hall–Kier alpha value is -2.10. The van der Waals surface area contributed by atoms with E-state index in [-0.39, 0.29) is 5.97 Å². The van der Waals surface area contributed by atoms with E-state index < -0.39 is 0 Å². The summed E-state index contributed by atoms with van der Waals surface area (Å²) < 4.78 is 4.72. The van der Waals surface area contributed by atoms with E-state index in [0.717, 1.165) is 16.7 Å². The van der Waals surface area contributed by atoms with Gasteiger partial charge in [-0.05, 0) is 36.6 Å². The highest BCUT2D eigenvalue weighted by molar-refractivity contribution is 6.17. The number of carbonyl (C=O) groups is 1. The Labute approximate surface area is 100 Å². The lowest BCUT2D eigenvalue weighted by Gasteiger charge is -2.09. The van der Waals surface area contributed by atoms with Crippen molar-refractivity contribution < 1.29 is 14.7 Å². The van der Waals surface area contributed by atoms with E-state index in [1.165, 1.54) is 13.3 Å². The lowest BCUT2D eigenvalue weighted by molar-refractivity contribution is -0.133. The second kappa shape index (κ2) is 5.84. The van der Waals surface area contributed by atoms with E-state index in [1.54, 1.807) is 19.1 Å². The summed E-state index contributed by atoms with van der Waals surface area (Å²) >= 11 is 0. The normalized spacial score (nSPS) is 11.8. The molecule has 1 aromatic rings. The van der Waals surface area contributed by atoms with Gasteiger partial charge in [-0.25, -0.2) is 4.79 Å². The van der Waals surface area contributed by atoms with Gasteiger partial charge in [-0.2, -0.15) is 0 Å². The Bertz CT molecular complexity index is 476. The third kappa shape index (κ3) is 2.93. The second-order valence-electron chi connectivity index (χ2n) is 3.51. The van der Waals surface area contributed by atoms with Gasteiger partial charge in [0.15, 0.2) is 0 Å². The average molecular weight is 233 g/mol. The zero-order valence-electron chi connectivity index (χ0n) is 10.1. The van der Waals surface area contributed by atoms with Gasteiger partial charge < -0.3 is 9.94 Å². The van der Waals surface area contributed by atoms with Gasteiger partial charge >= 0.3 is 5.97 Å². The van der Waals surface area contributed by atoms with Crippen molar-refractivity contribution in [3.8, 4) is 0 Å². The molecule has 1 N–H and O–H groups in total. The molecule has 0 bridgehead atoms. The molecule has 4 heteroatoms. The van der Waals surface area contributed by atoms with Crippen molar-refractivity contribution in [3.05, 3.63) is 41.0 Å². The predicted octanol–water partition coefficient (Wildman–Crippen LogP) is 2.38. The Morgan fingerprint density at radius 2 is 2.18 bits per heavy atom. The van der Waals surface area contributed by atoms with Crippen molar-refractivity contribution in [3.63, 3.8) is 0 Å². The third-order valence-corrected chi connectivity index (χ3v) is 2.45. The molecule has 0 heterocycles. The summed E-state index contributed by atoms with van der Waals surface area (Å²) in [4.78, 5) is 11.6. The van der Waals surface area contributed by atoms with Crippen LogP contribution in [0.2, 0.25) is 0 Å².